The summed E-state index contributed by atoms with van der Waals surface area (Å²) in [4.78, 5) is 12.5. The second-order valence-electron chi connectivity index (χ2n) is 5.95. The zero-order valence-corrected chi connectivity index (χ0v) is 13.3. The Balaban J connectivity index is 1.72. The maximum Gasteiger partial charge on any atom is 0.227 e. The summed E-state index contributed by atoms with van der Waals surface area (Å²) in [5.74, 6) is -0.708. The number of methoxy groups -OCH3 is 1. The van der Waals surface area contributed by atoms with Gasteiger partial charge in [-0.25, -0.2) is 4.39 Å². The predicted octanol–water partition coefficient (Wildman–Crippen LogP) is 3.36. The molecule has 0 heterocycles. The van der Waals surface area contributed by atoms with Crippen molar-refractivity contribution in [1.29, 1.82) is 0 Å². The van der Waals surface area contributed by atoms with Gasteiger partial charge >= 0.3 is 0 Å². The smallest absolute Gasteiger partial charge is 0.227 e. The lowest BCUT2D eigenvalue weighted by Crippen LogP contribution is -2.40. The third-order valence-electron chi connectivity index (χ3n) is 4.51. The number of amides is 1. The van der Waals surface area contributed by atoms with E-state index in [0.29, 0.717) is 0 Å². The Labute approximate surface area is 135 Å². The first-order chi connectivity index (χ1) is 11.1. The fourth-order valence-electron chi connectivity index (χ4n) is 3.19. The van der Waals surface area contributed by atoms with Crippen molar-refractivity contribution >= 4 is 5.91 Å². The first-order valence-corrected chi connectivity index (χ1v) is 7.76. The molecule has 0 aromatic heterocycles. The Hall–Kier alpha value is -2.20. The quantitative estimate of drug-likeness (QED) is 0.940. The molecule has 120 valence electrons. The van der Waals surface area contributed by atoms with Gasteiger partial charge in [-0.3, -0.25) is 4.79 Å². The van der Waals surface area contributed by atoms with Crippen molar-refractivity contribution in [3.05, 3.63) is 71.0 Å². The van der Waals surface area contributed by atoms with Gasteiger partial charge in [-0.2, -0.15) is 0 Å². The summed E-state index contributed by atoms with van der Waals surface area (Å²) in [6, 6.07) is 14.1. The monoisotopic (exact) mass is 313 g/mol. The molecule has 3 rings (SSSR count). The SMILES string of the molecule is CO[C@@H]1c2ccccc2C[C@H]1NC(=O)C(C)c1ccc(F)cc1. The molecule has 0 bridgehead atoms. The molecule has 1 amide bonds. The number of halogens is 1. The molecular formula is C19H20FNO2. The van der Waals surface area contributed by atoms with Crippen LogP contribution in [0.25, 0.3) is 0 Å². The summed E-state index contributed by atoms with van der Waals surface area (Å²) in [6.45, 7) is 1.83. The number of hydrogen-bond donors (Lipinski definition) is 1. The van der Waals surface area contributed by atoms with Gasteiger partial charge in [-0.1, -0.05) is 36.4 Å². The van der Waals surface area contributed by atoms with Gasteiger partial charge in [0.15, 0.2) is 0 Å². The normalized spacial score (nSPS) is 20.8. The van der Waals surface area contributed by atoms with Crippen molar-refractivity contribution in [2.24, 2.45) is 0 Å². The topological polar surface area (TPSA) is 38.3 Å². The number of fused-ring (bicyclic) bond motifs is 1. The molecule has 3 nitrogen and oxygen atoms in total. The van der Waals surface area contributed by atoms with Crippen LogP contribution in [0.5, 0.6) is 0 Å². The summed E-state index contributed by atoms with van der Waals surface area (Å²) in [6.07, 6.45) is 0.631. The molecule has 1 N–H and O–H groups in total. The molecule has 4 heteroatoms. The molecule has 2 aromatic carbocycles. The van der Waals surface area contributed by atoms with Gasteiger partial charge in [-0.15, -0.1) is 0 Å². The molecule has 1 aliphatic rings. The molecule has 0 fully saturated rings. The van der Waals surface area contributed by atoms with Crippen LogP contribution < -0.4 is 5.32 Å². The molecule has 3 atom stereocenters. The Morgan fingerprint density at radius 1 is 1.22 bits per heavy atom. The highest BCUT2D eigenvalue weighted by Gasteiger charge is 2.34. The maximum atomic E-state index is 13.0. The molecule has 0 spiro atoms. The molecule has 0 saturated heterocycles. The van der Waals surface area contributed by atoms with Crippen LogP contribution in [0.15, 0.2) is 48.5 Å². The Morgan fingerprint density at radius 3 is 2.61 bits per heavy atom. The van der Waals surface area contributed by atoms with Gasteiger partial charge < -0.3 is 10.1 Å². The van der Waals surface area contributed by atoms with Gasteiger partial charge in [0.25, 0.3) is 0 Å². The van der Waals surface area contributed by atoms with Crippen LogP contribution in [0.1, 0.15) is 35.6 Å². The van der Waals surface area contributed by atoms with Gasteiger partial charge in [-0.05, 0) is 42.2 Å². The molecule has 1 unspecified atom stereocenters. The second-order valence-corrected chi connectivity index (χ2v) is 5.95. The van der Waals surface area contributed by atoms with Crippen molar-refractivity contribution in [2.45, 2.75) is 31.4 Å². The first-order valence-electron chi connectivity index (χ1n) is 7.76. The molecule has 0 saturated carbocycles. The fourth-order valence-corrected chi connectivity index (χ4v) is 3.19. The van der Waals surface area contributed by atoms with E-state index in [-0.39, 0.29) is 29.8 Å². The van der Waals surface area contributed by atoms with Crippen molar-refractivity contribution in [3.63, 3.8) is 0 Å². The van der Waals surface area contributed by atoms with Crippen LogP contribution in [0, 0.1) is 5.82 Å². The average Bonchev–Trinajstić information content (AvgIpc) is 2.91. The van der Waals surface area contributed by atoms with E-state index >= 15 is 0 Å². The number of rotatable bonds is 4. The third kappa shape index (κ3) is 3.13. The van der Waals surface area contributed by atoms with Gasteiger partial charge in [0, 0.05) is 7.11 Å². The van der Waals surface area contributed by atoms with Crippen LogP contribution in [0.3, 0.4) is 0 Å². The summed E-state index contributed by atoms with van der Waals surface area (Å²) in [7, 11) is 1.66. The third-order valence-corrected chi connectivity index (χ3v) is 4.51. The van der Waals surface area contributed by atoms with Crippen LogP contribution in [0.4, 0.5) is 4.39 Å². The molecular weight excluding hydrogens is 293 g/mol. The van der Waals surface area contributed by atoms with Crippen LogP contribution in [0.2, 0.25) is 0 Å². The lowest BCUT2D eigenvalue weighted by molar-refractivity contribution is -0.123. The van der Waals surface area contributed by atoms with Crippen molar-refractivity contribution in [2.75, 3.05) is 7.11 Å². The Bertz CT molecular complexity index is 699. The fraction of sp³-hybridized carbons (Fsp3) is 0.316. The zero-order chi connectivity index (χ0) is 16.4. The summed E-state index contributed by atoms with van der Waals surface area (Å²) in [5.41, 5.74) is 3.14. The van der Waals surface area contributed by atoms with Gasteiger partial charge in [0.2, 0.25) is 5.91 Å². The van der Waals surface area contributed by atoms with E-state index in [1.807, 2.05) is 25.1 Å². The van der Waals surface area contributed by atoms with E-state index in [9.17, 15) is 9.18 Å². The average molecular weight is 313 g/mol. The maximum absolute atomic E-state index is 13.0. The Kier molecular flexibility index (Phi) is 4.44. The van der Waals surface area contributed by atoms with Crippen molar-refractivity contribution in [1.82, 2.24) is 5.32 Å². The van der Waals surface area contributed by atoms with Crippen molar-refractivity contribution < 1.29 is 13.9 Å². The molecule has 0 radical (unpaired) electrons. The van der Waals surface area contributed by atoms with Gasteiger partial charge in [0.1, 0.15) is 11.9 Å². The van der Waals surface area contributed by atoms with E-state index < -0.39 is 0 Å². The highest BCUT2D eigenvalue weighted by atomic mass is 19.1. The number of ether oxygens (including phenoxy) is 1. The lowest BCUT2D eigenvalue weighted by atomic mass is 9.99. The number of carbonyl (C=O) groups excluding carboxylic acids is 1. The molecule has 23 heavy (non-hydrogen) atoms. The van der Waals surface area contributed by atoms with Crippen LogP contribution >= 0.6 is 0 Å². The minimum atomic E-state index is -0.336. The van der Waals surface area contributed by atoms with Gasteiger partial charge in [0.05, 0.1) is 12.0 Å². The largest absolute Gasteiger partial charge is 0.375 e. The highest BCUT2D eigenvalue weighted by molar-refractivity contribution is 5.83. The molecule has 2 aromatic rings. The summed E-state index contributed by atoms with van der Waals surface area (Å²) >= 11 is 0. The van der Waals surface area contributed by atoms with E-state index in [2.05, 4.69) is 11.4 Å². The molecule has 0 aliphatic heterocycles. The second kappa shape index (κ2) is 6.50. The number of nitrogens with one attached hydrogen (secondary N) is 1. The zero-order valence-electron chi connectivity index (χ0n) is 13.3. The Morgan fingerprint density at radius 2 is 1.91 bits per heavy atom. The standard InChI is InChI=1S/C19H20FNO2/c1-12(13-7-9-15(20)10-8-13)19(22)21-17-11-14-5-3-4-6-16(14)18(17)23-2/h3-10,12,17-18H,11H2,1-2H3,(H,21,22)/t12?,17-,18-/m1/s1. The van der Waals surface area contributed by atoms with E-state index in [1.54, 1.807) is 19.2 Å². The lowest BCUT2D eigenvalue weighted by Gasteiger charge is -2.22. The van der Waals surface area contributed by atoms with Crippen LogP contribution in [-0.4, -0.2) is 19.1 Å². The predicted molar refractivity (Wildman–Crippen MR) is 86.6 cm³/mol. The summed E-state index contributed by atoms with van der Waals surface area (Å²) in [5, 5.41) is 3.08. The number of carbonyl (C=O) groups is 1. The molecule has 1 aliphatic carbocycles. The first kappa shape index (κ1) is 15.7. The highest BCUT2D eigenvalue weighted by Crippen LogP contribution is 2.34. The number of benzene rings is 2. The number of hydrogen-bond acceptors (Lipinski definition) is 2. The minimum absolute atomic E-state index is 0.0727. The van der Waals surface area contributed by atoms with E-state index in [4.69, 9.17) is 4.74 Å². The van der Waals surface area contributed by atoms with Crippen LogP contribution in [-0.2, 0) is 16.0 Å². The van der Waals surface area contributed by atoms with Crippen molar-refractivity contribution in [3.8, 4) is 0 Å². The van der Waals surface area contributed by atoms with E-state index in [1.165, 1.54) is 17.7 Å². The van der Waals surface area contributed by atoms with E-state index in [0.717, 1.165) is 17.5 Å². The minimum Gasteiger partial charge on any atom is -0.375 e. The summed E-state index contributed by atoms with van der Waals surface area (Å²) < 4.78 is 18.6.